The standard InChI is InChI=1S/C12H14N2O3S/c1-10-9-11(17-14-10)7-8-13-18(15,16)12-5-3-2-4-6-12/h2-6,9,13H,7-8H2,1H3. The lowest BCUT2D eigenvalue weighted by Crippen LogP contribution is -2.25. The van der Waals surface area contributed by atoms with Gasteiger partial charge in [-0.05, 0) is 19.1 Å². The third-order valence-electron chi connectivity index (χ3n) is 2.39. The molecule has 0 amide bonds. The van der Waals surface area contributed by atoms with Crippen LogP contribution in [0.1, 0.15) is 11.5 Å². The van der Waals surface area contributed by atoms with Crippen LogP contribution in [0.3, 0.4) is 0 Å². The molecule has 0 fully saturated rings. The van der Waals surface area contributed by atoms with E-state index in [0.717, 1.165) is 5.69 Å². The molecule has 0 spiro atoms. The molecule has 0 radical (unpaired) electrons. The van der Waals surface area contributed by atoms with E-state index >= 15 is 0 Å². The molecule has 0 saturated heterocycles. The first-order valence-electron chi connectivity index (χ1n) is 5.55. The minimum absolute atomic E-state index is 0.263. The fraction of sp³-hybridized carbons (Fsp3) is 0.250. The van der Waals surface area contributed by atoms with Gasteiger partial charge in [-0.15, -0.1) is 0 Å². The number of hydrogen-bond acceptors (Lipinski definition) is 4. The van der Waals surface area contributed by atoms with Gasteiger partial charge >= 0.3 is 0 Å². The molecule has 0 aliphatic heterocycles. The summed E-state index contributed by atoms with van der Waals surface area (Å²) < 4.78 is 31.3. The van der Waals surface area contributed by atoms with Gasteiger partial charge in [0.2, 0.25) is 10.0 Å². The van der Waals surface area contributed by atoms with Crippen LogP contribution >= 0.6 is 0 Å². The molecule has 0 bridgehead atoms. The monoisotopic (exact) mass is 266 g/mol. The van der Waals surface area contributed by atoms with Crippen molar-refractivity contribution >= 4 is 10.0 Å². The minimum Gasteiger partial charge on any atom is -0.361 e. The maximum Gasteiger partial charge on any atom is 0.240 e. The number of rotatable bonds is 5. The molecule has 1 heterocycles. The predicted molar refractivity (Wildman–Crippen MR) is 66.6 cm³/mol. The van der Waals surface area contributed by atoms with Crippen molar-refractivity contribution in [1.29, 1.82) is 0 Å². The van der Waals surface area contributed by atoms with Crippen molar-refractivity contribution in [2.45, 2.75) is 18.2 Å². The molecule has 5 nitrogen and oxygen atoms in total. The number of aromatic nitrogens is 1. The lowest BCUT2D eigenvalue weighted by atomic mass is 10.3. The Kier molecular flexibility index (Phi) is 3.78. The Morgan fingerprint density at radius 3 is 2.61 bits per heavy atom. The SMILES string of the molecule is Cc1cc(CCNS(=O)(=O)c2ccccc2)on1. The van der Waals surface area contributed by atoms with Crippen LogP contribution in [-0.4, -0.2) is 20.1 Å². The van der Waals surface area contributed by atoms with Crippen LogP contribution in [0.4, 0.5) is 0 Å². The maximum absolute atomic E-state index is 11.9. The highest BCUT2D eigenvalue weighted by molar-refractivity contribution is 7.89. The van der Waals surface area contributed by atoms with Crippen LogP contribution in [0.25, 0.3) is 0 Å². The maximum atomic E-state index is 11.9. The van der Waals surface area contributed by atoms with E-state index in [9.17, 15) is 8.42 Å². The highest BCUT2D eigenvalue weighted by Gasteiger charge is 2.12. The summed E-state index contributed by atoms with van der Waals surface area (Å²) in [6.45, 7) is 2.10. The zero-order valence-electron chi connectivity index (χ0n) is 9.96. The van der Waals surface area contributed by atoms with Gasteiger partial charge in [-0.1, -0.05) is 23.4 Å². The number of sulfonamides is 1. The zero-order chi connectivity index (χ0) is 13.0. The van der Waals surface area contributed by atoms with Crippen molar-refractivity contribution in [3.8, 4) is 0 Å². The average molecular weight is 266 g/mol. The van der Waals surface area contributed by atoms with E-state index in [1.54, 1.807) is 36.4 Å². The predicted octanol–water partition coefficient (Wildman–Crippen LogP) is 1.50. The van der Waals surface area contributed by atoms with Gasteiger partial charge in [0, 0.05) is 19.0 Å². The quantitative estimate of drug-likeness (QED) is 0.890. The summed E-state index contributed by atoms with van der Waals surface area (Å²) in [6.07, 6.45) is 0.479. The molecule has 2 rings (SSSR count). The summed E-state index contributed by atoms with van der Waals surface area (Å²) in [7, 11) is -3.44. The van der Waals surface area contributed by atoms with Crippen LogP contribution in [0.5, 0.6) is 0 Å². The first-order chi connectivity index (χ1) is 8.58. The summed E-state index contributed by atoms with van der Waals surface area (Å²) in [5.41, 5.74) is 0.788. The Labute approximate surface area is 106 Å². The second-order valence-corrected chi connectivity index (χ2v) is 5.66. The Morgan fingerprint density at radius 2 is 2.00 bits per heavy atom. The molecule has 0 saturated carbocycles. The van der Waals surface area contributed by atoms with E-state index in [-0.39, 0.29) is 11.4 Å². The van der Waals surface area contributed by atoms with Gasteiger partial charge in [0.25, 0.3) is 0 Å². The molecular formula is C12H14N2O3S. The summed E-state index contributed by atoms with van der Waals surface area (Å²) >= 11 is 0. The lowest BCUT2D eigenvalue weighted by molar-refractivity contribution is 0.379. The van der Waals surface area contributed by atoms with Gasteiger partial charge in [-0.25, -0.2) is 13.1 Å². The van der Waals surface area contributed by atoms with E-state index in [0.29, 0.717) is 12.2 Å². The van der Waals surface area contributed by atoms with Crippen LogP contribution in [-0.2, 0) is 16.4 Å². The lowest BCUT2D eigenvalue weighted by Gasteiger charge is -2.04. The normalized spacial score (nSPS) is 11.6. The highest BCUT2D eigenvalue weighted by atomic mass is 32.2. The zero-order valence-corrected chi connectivity index (χ0v) is 10.8. The topological polar surface area (TPSA) is 72.2 Å². The molecule has 1 N–H and O–H groups in total. The van der Waals surface area contributed by atoms with Crippen LogP contribution in [0.2, 0.25) is 0 Å². The molecule has 1 aromatic heterocycles. The van der Waals surface area contributed by atoms with Gasteiger partial charge in [-0.3, -0.25) is 0 Å². The highest BCUT2D eigenvalue weighted by Crippen LogP contribution is 2.07. The Hall–Kier alpha value is -1.66. The summed E-state index contributed by atoms with van der Waals surface area (Å²) in [4.78, 5) is 0.263. The minimum atomic E-state index is -3.44. The number of aryl methyl sites for hydroxylation is 1. The van der Waals surface area contributed by atoms with Crippen molar-refractivity contribution < 1.29 is 12.9 Å². The van der Waals surface area contributed by atoms with E-state index in [1.165, 1.54) is 0 Å². The van der Waals surface area contributed by atoms with Crippen molar-refractivity contribution in [2.24, 2.45) is 0 Å². The molecule has 0 unspecified atom stereocenters. The van der Waals surface area contributed by atoms with Crippen molar-refractivity contribution in [3.05, 3.63) is 47.9 Å². The number of nitrogens with zero attached hydrogens (tertiary/aromatic N) is 1. The van der Waals surface area contributed by atoms with Gasteiger partial charge < -0.3 is 4.52 Å². The molecule has 0 aliphatic carbocycles. The van der Waals surface area contributed by atoms with E-state index in [4.69, 9.17) is 4.52 Å². The van der Waals surface area contributed by atoms with Gasteiger partial charge in [0.1, 0.15) is 5.76 Å². The number of nitrogens with one attached hydrogen (secondary N) is 1. The fourth-order valence-electron chi connectivity index (χ4n) is 1.53. The molecule has 0 atom stereocenters. The summed E-state index contributed by atoms with van der Waals surface area (Å²) in [6, 6.07) is 10.1. The van der Waals surface area contributed by atoms with Crippen LogP contribution < -0.4 is 4.72 Å². The Bertz CT molecular complexity index is 605. The average Bonchev–Trinajstić information content (AvgIpc) is 2.76. The molecule has 2 aromatic rings. The van der Waals surface area contributed by atoms with Crippen LogP contribution in [0.15, 0.2) is 45.8 Å². The van der Waals surface area contributed by atoms with Crippen molar-refractivity contribution in [2.75, 3.05) is 6.54 Å². The summed E-state index contributed by atoms with van der Waals surface area (Å²) in [5, 5.41) is 3.74. The van der Waals surface area contributed by atoms with Gasteiger partial charge in [0.15, 0.2) is 0 Å². The Balaban J connectivity index is 1.94. The third kappa shape index (κ3) is 3.18. The molecular weight excluding hydrogens is 252 g/mol. The van der Waals surface area contributed by atoms with Gasteiger partial charge in [0.05, 0.1) is 10.6 Å². The first-order valence-corrected chi connectivity index (χ1v) is 7.03. The van der Waals surface area contributed by atoms with Gasteiger partial charge in [-0.2, -0.15) is 0 Å². The van der Waals surface area contributed by atoms with E-state index in [1.807, 2.05) is 6.92 Å². The third-order valence-corrected chi connectivity index (χ3v) is 3.87. The van der Waals surface area contributed by atoms with Crippen LogP contribution in [0, 0.1) is 6.92 Å². The summed E-state index contributed by atoms with van der Waals surface area (Å²) in [5.74, 6) is 0.670. The van der Waals surface area contributed by atoms with E-state index < -0.39 is 10.0 Å². The smallest absolute Gasteiger partial charge is 0.240 e. The number of hydrogen-bond donors (Lipinski definition) is 1. The van der Waals surface area contributed by atoms with E-state index in [2.05, 4.69) is 9.88 Å². The fourth-order valence-corrected chi connectivity index (χ4v) is 2.58. The molecule has 18 heavy (non-hydrogen) atoms. The second kappa shape index (κ2) is 5.32. The molecule has 96 valence electrons. The Morgan fingerprint density at radius 1 is 1.28 bits per heavy atom. The largest absolute Gasteiger partial charge is 0.361 e. The molecule has 0 aliphatic rings. The molecule has 6 heteroatoms. The first kappa shape index (κ1) is 12.8. The second-order valence-electron chi connectivity index (χ2n) is 3.90. The van der Waals surface area contributed by atoms with Crippen molar-refractivity contribution in [1.82, 2.24) is 9.88 Å². The number of benzene rings is 1. The molecule has 1 aromatic carbocycles. The van der Waals surface area contributed by atoms with Crippen molar-refractivity contribution in [3.63, 3.8) is 0 Å².